The lowest BCUT2D eigenvalue weighted by atomic mass is 10.0. The van der Waals surface area contributed by atoms with Crippen molar-refractivity contribution in [3.63, 3.8) is 0 Å². The van der Waals surface area contributed by atoms with Gasteiger partial charge in [0.15, 0.2) is 11.5 Å². The SMILES string of the molecule is COc1cc([C@@H](N)CCF)ccc1OC(C)=O. The van der Waals surface area contributed by atoms with Gasteiger partial charge in [-0.1, -0.05) is 6.07 Å². The molecule has 0 amide bonds. The van der Waals surface area contributed by atoms with Crippen LogP contribution in [0.25, 0.3) is 0 Å². The van der Waals surface area contributed by atoms with Crippen molar-refractivity contribution < 1.29 is 18.7 Å². The molecule has 1 aromatic carbocycles. The minimum Gasteiger partial charge on any atom is -0.493 e. The summed E-state index contributed by atoms with van der Waals surface area (Å²) in [5, 5.41) is 0. The van der Waals surface area contributed by atoms with Crippen LogP contribution < -0.4 is 15.2 Å². The first-order chi connectivity index (χ1) is 8.08. The highest BCUT2D eigenvalue weighted by Gasteiger charge is 2.12. The second-order valence-corrected chi connectivity index (χ2v) is 3.59. The molecule has 0 aliphatic carbocycles. The van der Waals surface area contributed by atoms with Gasteiger partial charge in [-0.3, -0.25) is 9.18 Å². The van der Waals surface area contributed by atoms with Crippen LogP contribution in [0, 0.1) is 0 Å². The number of hydrogen-bond acceptors (Lipinski definition) is 4. The Morgan fingerprint density at radius 1 is 1.47 bits per heavy atom. The van der Waals surface area contributed by atoms with Crippen LogP contribution in [0.1, 0.15) is 24.9 Å². The van der Waals surface area contributed by atoms with Crippen molar-refractivity contribution >= 4 is 5.97 Å². The van der Waals surface area contributed by atoms with Crippen molar-refractivity contribution in [1.29, 1.82) is 0 Å². The quantitative estimate of drug-likeness (QED) is 0.632. The summed E-state index contributed by atoms with van der Waals surface area (Å²) < 4.78 is 22.2. The predicted octanol–water partition coefficient (Wildman–Crippen LogP) is 1.98. The van der Waals surface area contributed by atoms with Gasteiger partial charge in [-0.25, -0.2) is 0 Å². The summed E-state index contributed by atoms with van der Waals surface area (Å²) in [5.74, 6) is 0.312. The number of alkyl halides is 1. The second-order valence-electron chi connectivity index (χ2n) is 3.59. The molecule has 0 radical (unpaired) electrons. The van der Waals surface area contributed by atoms with E-state index in [0.717, 1.165) is 5.56 Å². The highest BCUT2D eigenvalue weighted by Crippen LogP contribution is 2.30. The van der Waals surface area contributed by atoms with Gasteiger partial charge in [-0.05, 0) is 24.1 Å². The summed E-state index contributed by atoms with van der Waals surface area (Å²) in [5.41, 5.74) is 6.52. The van der Waals surface area contributed by atoms with E-state index in [-0.39, 0.29) is 12.5 Å². The van der Waals surface area contributed by atoms with Gasteiger partial charge < -0.3 is 15.2 Å². The van der Waals surface area contributed by atoms with Crippen LogP contribution in [-0.4, -0.2) is 19.8 Å². The summed E-state index contributed by atoms with van der Waals surface area (Å²) in [4.78, 5) is 10.9. The topological polar surface area (TPSA) is 61.6 Å². The van der Waals surface area contributed by atoms with Crippen molar-refractivity contribution in [3.8, 4) is 11.5 Å². The number of carbonyl (C=O) groups excluding carboxylic acids is 1. The summed E-state index contributed by atoms with van der Waals surface area (Å²) in [6, 6.07) is 4.55. The van der Waals surface area contributed by atoms with Gasteiger partial charge in [0.2, 0.25) is 0 Å². The maximum Gasteiger partial charge on any atom is 0.308 e. The van der Waals surface area contributed by atoms with Gasteiger partial charge in [-0.15, -0.1) is 0 Å². The Hall–Kier alpha value is -1.62. The normalized spacial score (nSPS) is 12.0. The van der Waals surface area contributed by atoms with Crippen LogP contribution in [0.3, 0.4) is 0 Å². The summed E-state index contributed by atoms with van der Waals surface area (Å²) in [6.07, 6.45) is 0.246. The Morgan fingerprint density at radius 2 is 2.18 bits per heavy atom. The zero-order valence-electron chi connectivity index (χ0n) is 9.90. The fraction of sp³-hybridized carbons (Fsp3) is 0.417. The van der Waals surface area contributed by atoms with E-state index in [1.807, 2.05) is 0 Å². The summed E-state index contributed by atoms with van der Waals surface area (Å²) in [6.45, 7) is 0.831. The van der Waals surface area contributed by atoms with E-state index in [1.54, 1.807) is 18.2 Å². The average Bonchev–Trinajstić information content (AvgIpc) is 2.29. The largest absolute Gasteiger partial charge is 0.493 e. The highest BCUT2D eigenvalue weighted by molar-refractivity contribution is 5.70. The molecule has 1 rings (SSSR count). The molecular weight excluding hydrogens is 225 g/mol. The first kappa shape index (κ1) is 13.4. The monoisotopic (exact) mass is 241 g/mol. The van der Waals surface area contributed by atoms with E-state index >= 15 is 0 Å². The number of esters is 1. The highest BCUT2D eigenvalue weighted by atomic mass is 19.1. The van der Waals surface area contributed by atoms with E-state index in [2.05, 4.69) is 0 Å². The van der Waals surface area contributed by atoms with Gasteiger partial charge in [0.1, 0.15) is 0 Å². The third-order valence-corrected chi connectivity index (χ3v) is 2.29. The fourth-order valence-corrected chi connectivity index (χ4v) is 1.44. The molecule has 0 unspecified atom stereocenters. The Morgan fingerprint density at radius 3 is 2.71 bits per heavy atom. The molecule has 2 N–H and O–H groups in total. The minimum atomic E-state index is -0.477. The molecule has 0 aliphatic heterocycles. The number of methoxy groups -OCH3 is 1. The first-order valence-corrected chi connectivity index (χ1v) is 5.26. The molecule has 5 heteroatoms. The molecule has 0 bridgehead atoms. The van der Waals surface area contributed by atoms with Crippen molar-refractivity contribution in [1.82, 2.24) is 0 Å². The lowest BCUT2D eigenvalue weighted by Crippen LogP contribution is -2.11. The average molecular weight is 241 g/mol. The Labute approximate surface area is 99.5 Å². The van der Waals surface area contributed by atoms with Gasteiger partial charge in [0, 0.05) is 13.0 Å². The Balaban J connectivity index is 2.95. The minimum absolute atomic E-state index is 0.246. The van der Waals surface area contributed by atoms with E-state index in [0.29, 0.717) is 11.5 Å². The Kier molecular flexibility index (Phi) is 4.90. The third-order valence-electron chi connectivity index (χ3n) is 2.29. The van der Waals surface area contributed by atoms with Gasteiger partial charge >= 0.3 is 5.97 Å². The molecule has 17 heavy (non-hydrogen) atoms. The molecule has 4 nitrogen and oxygen atoms in total. The van der Waals surface area contributed by atoms with Crippen LogP contribution in [-0.2, 0) is 4.79 Å². The number of nitrogens with two attached hydrogens (primary N) is 1. The molecule has 0 saturated carbocycles. The van der Waals surface area contributed by atoms with Gasteiger partial charge in [0.05, 0.1) is 13.8 Å². The van der Waals surface area contributed by atoms with E-state index < -0.39 is 12.6 Å². The smallest absolute Gasteiger partial charge is 0.308 e. The summed E-state index contributed by atoms with van der Waals surface area (Å²) in [7, 11) is 1.47. The van der Waals surface area contributed by atoms with E-state index in [1.165, 1.54) is 14.0 Å². The number of hydrogen-bond donors (Lipinski definition) is 1. The van der Waals surface area contributed by atoms with Crippen LogP contribution in [0.5, 0.6) is 11.5 Å². The fourth-order valence-electron chi connectivity index (χ4n) is 1.44. The van der Waals surface area contributed by atoms with Crippen LogP contribution in [0.4, 0.5) is 4.39 Å². The predicted molar refractivity (Wildman–Crippen MR) is 61.8 cm³/mol. The number of carbonyl (C=O) groups is 1. The molecular formula is C12H16FNO3. The maximum atomic E-state index is 12.2. The molecule has 0 aromatic heterocycles. The van der Waals surface area contributed by atoms with E-state index in [9.17, 15) is 9.18 Å². The molecule has 0 aliphatic rings. The number of halogens is 1. The third kappa shape index (κ3) is 3.71. The van der Waals surface area contributed by atoms with Crippen molar-refractivity contribution in [2.45, 2.75) is 19.4 Å². The van der Waals surface area contributed by atoms with Crippen molar-refractivity contribution in [3.05, 3.63) is 23.8 Å². The van der Waals surface area contributed by atoms with Crippen LogP contribution >= 0.6 is 0 Å². The molecule has 1 aromatic rings. The first-order valence-electron chi connectivity index (χ1n) is 5.26. The molecule has 94 valence electrons. The zero-order chi connectivity index (χ0) is 12.8. The standard InChI is InChI=1S/C12H16FNO3/c1-8(15)17-11-4-3-9(7-12(11)16-2)10(14)5-6-13/h3-4,7,10H,5-6,14H2,1-2H3/t10-/m0/s1. The van der Waals surface area contributed by atoms with Gasteiger partial charge in [-0.2, -0.15) is 0 Å². The van der Waals surface area contributed by atoms with E-state index in [4.69, 9.17) is 15.2 Å². The van der Waals surface area contributed by atoms with Crippen LogP contribution in [0.15, 0.2) is 18.2 Å². The lowest BCUT2D eigenvalue weighted by molar-refractivity contribution is -0.132. The molecule has 0 spiro atoms. The molecule has 0 heterocycles. The molecule has 1 atom stereocenters. The number of benzene rings is 1. The second kappa shape index (κ2) is 6.20. The summed E-state index contributed by atoms with van der Waals surface area (Å²) >= 11 is 0. The molecule has 0 fully saturated rings. The van der Waals surface area contributed by atoms with Crippen molar-refractivity contribution in [2.75, 3.05) is 13.8 Å². The Bertz CT molecular complexity index is 395. The lowest BCUT2D eigenvalue weighted by Gasteiger charge is -2.13. The number of rotatable bonds is 5. The number of ether oxygens (including phenoxy) is 2. The zero-order valence-corrected chi connectivity index (χ0v) is 9.90. The molecule has 0 saturated heterocycles. The van der Waals surface area contributed by atoms with Crippen LogP contribution in [0.2, 0.25) is 0 Å². The maximum absolute atomic E-state index is 12.2. The van der Waals surface area contributed by atoms with Crippen molar-refractivity contribution in [2.24, 2.45) is 5.73 Å². The van der Waals surface area contributed by atoms with Gasteiger partial charge in [0.25, 0.3) is 0 Å².